The Kier molecular flexibility index (Phi) is 6.92. The van der Waals surface area contributed by atoms with Crippen molar-refractivity contribution in [1.82, 2.24) is 4.31 Å². The maximum absolute atomic E-state index is 13.3. The van der Waals surface area contributed by atoms with Crippen molar-refractivity contribution in [3.8, 4) is 5.75 Å². The van der Waals surface area contributed by atoms with Crippen molar-refractivity contribution in [2.75, 3.05) is 25.6 Å². The molecule has 1 fully saturated rings. The number of nitrogens with zero attached hydrogens (tertiary/aromatic N) is 2. The van der Waals surface area contributed by atoms with E-state index in [1.807, 2.05) is 0 Å². The molecule has 0 unspecified atom stereocenters. The highest BCUT2D eigenvalue weighted by molar-refractivity contribution is 7.89. The molecule has 0 saturated heterocycles. The number of carbonyl (C=O) groups is 1. The minimum atomic E-state index is -3.76. The minimum Gasteiger partial charge on any atom is -0.497 e. The van der Waals surface area contributed by atoms with Crippen LogP contribution >= 0.6 is 0 Å². The Morgan fingerprint density at radius 2 is 1.62 bits per heavy atom. The topological polar surface area (TPSA) is 66.9 Å². The number of hydrogen-bond donors (Lipinski definition) is 0. The fourth-order valence-electron chi connectivity index (χ4n) is 3.70. The van der Waals surface area contributed by atoms with Crippen LogP contribution in [0, 0.1) is 0 Å². The first kappa shape index (κ1) is 21.3. The fourth-order valence-corrected chi connectivity index (χ4v) is 5.35. The maximum atomic E-state index is 13.3. The van der Waals surface area contributed by atoms with E-state index in [2.05, 4.69) is 0 Å². The van der Waals surface area contributed by atoms with E-state index in [1.54, 1.807) is 68.8 Å². The van der Waals surface area contributed by atoms with Gasteiger partial charge in [0.05, 0.1) is 18.6 Å². The van der Waals surface area contributed by atoms with Gasteiger partial charge in [-0.25, -0.2) is 8.42 Å². The lowest BCUT2D eigenvalue weighted by molar-refractivity contribution is -0.119. The molecule has 1 amide bonds. The Bertz CT molecular complexity index is 908. The predicted molar refractivity (Wildman–Crippen MR) is 114 cm³/mol. The molecule has 6 nitrogen and oxygen atoms in total. The molecule has 1 aliphatic carbocycles. The predicted octanol–water partition coefficient (Wildman–Crippen LogP) is 3.68. The van der Waals surface area contributed by atoms with Gasteiger partial charge < -0.3 is 9.64 Å². The van der Waals surface area contributed by atoms with Crippen molar-refractivity contribution < 1.29 is 17.9 Å². The Labute approximate surface area is 173 Å². The number of amides is 1. The lowest BCUT2D eigenvalue weighted by Crippen LogP contribution is -2.47. The molecular weight excluding hydrogens is 388 g/mol. The van der Waals surface area contributed by atoms with E-state index in [1.165, 1.54) is 9.21 Å². The van der Waals surface area contributed by atoms with Gasteiger partial charge in [-0.1, -0.05) is 37.5 Å². The normalized spacial score (nSPS) is 15.3. The number of ether oxygens (including phenoxy) is 1. The van der Waals surface area contributed by atoms with Gasteiger partial charge in [0, 0.05) is 18.8 Å². The summed E-state index contributed by atoms with van der Waals surface area (Å²) in [5.41, 5.74) is 0.691. The molecule has 0 aliphatic heterocycles. The number of rotatable bonds is 7. The third kappa shape index (κ3) is 4.97. The Hall–Kier alpha value is -2.38. The molecule has 156 valence electrons. The number of sulfonamides is 1. The second-order valence-corrected chi connectivity index (χ2v) is 9.20. The molecule has 0 aromatic heterocycles. The number of benzene rings is 2. The van der Waals surface area contributed by atoms with E-state index in [0.29, 0.717) is 11.4 Å². The van der Waals surface area contributed by atoms with Crippen LogP contribution in [0.3, 0.4) is 0 Å². The van der Waals surface area contributed by atoms with Crippen LogP contribution in [0.5, 0.6) is 5.75 Å². The molecular formula is C22H28N2O4S. The highest BCUT2D eigenvalue weighted by Gasteiger charge is 2.34. The Balaban J connectivity index is 1.85. The summed E-state index contributed by atoms with van der Waals surface area (Å²) in [6, 6.07) is 15.3. The average molecular weight is 417 g/mol. The van der Waals surface area contributed by atoms with Gasteiger partial charge in [-0.05, 0) is 49.2 Å². The summed E-state index contributed by atoms with van der Waals surface area (Å²) in [6.07, 6.45) is 4.63. The van der Waals surface area contributed by atoms with Gasteiger partial charge in [0.1, 0.15) is 5.75 Å². The van der Waals surface area contributed by atoms with Crippen molar-refractivity contribution in [3.05, 3.63) is 54.6 Å². The van der Waals surface area contributed by atoms with E-state index in [-0.39, 0.29) is 23.4 Å². The van der Waals surface area contributed by atoms with Crippen molar-refractivity contribution in [3.63, 3.8) is 0 Å². The number of carbonyl (C=O) groups excluding carboxylic acids is 1. The van der Waals surface area contributed by atoms with Crippen molar-refractivity contribution in [1.29, 1.82) is 0 Å². The fraction of sp³-hybridized carbons (Fsp3) is 0.409. The summed E-state index contributed by atoms with van der Waals surface area (Å²) in [6.45, 7) is -0.176. The van der Waals surface area contributed by atoms with Gasteiger partial charge in [-0.15, -0.1) is 0 Å². The summed E-state index contributed by atoms with van der Waals surface area (Å²) < 4.78 is 33.3. The highest BCUT2D eigenvalue weighted by atomic mass is 32.2. The van der Waals surface area contributed by atoms with Gasteiger partial charge in [-0.3, -0.25) is 4.79 Å². The SMILES string of the molecule is COc1ccc(N(C)C(=O)CN(C2CCCCC2)S(=O)(=O)c2ccccc2)cc1. The summed E-state index contributed by atoms with van der Waals surface area (Å²) >= 11 is 0. The first-order chi connectivity index (χ1) is 13.9. The molecule has 2 aromatic carbocycles. The molecule has 0 N–H and O–H groups in total. The first-order valence-electron chi connectivity index (χ1n) is 9.91. The summed E-state index contributed by atoms with van der Waals surface area (Å²) in [7, 11) is -0.508. The van der Waals surface area contributed by atoms with Crippen LogP contribution in [-0.4, -0.2) is 45.4 Å². The molecule has 0 atom stereocenters. The molecule has 2 aromatic rings. The average Bonchev–Trinajstić information content (AvgIpc) is 2.78. The standard InChI is InChI=1S/C22H28N2O4S/c1-23(18-13-15-20(28-2)16-14-18)22(25)17-24(19-9-5-3-6-10-19)29(26,27)21-11-7-4-8-12-21/h4,7-8,11-16,19H,3,5-6,9-10,17H2,1-2H3. The van der Waals surface area contributed by atoms with Crippen molar-refractivity contribution >= 4 is 21.6 Å². The van der Waals surface area contributed by atoms with Crippen LogP contribution in [0.15, 0.2) is 59.5 Å². The number of anilines is 1. The van der Waals surface area contributed by atoms with Gasteiger partial charge in [0.15, 0.2) is 0 Å². The second-order valence-electron chi connectivity index (χ2n) is 7.31. The minimum absolute atomic E-state index is 0.151. The summed E-state index contributed by atoms with van der Waals surface area (Å²) in [4.78, 5) is 14.7. The molecule has 0 heterocycles. The summed E-state index contributed by atoms with van der Waals surface area (Å²) in [5, 5.41) is 0. The lowest BCUT2D eigenvalue weighted by Gasteiger charge is -2.34. The summed E-state index contributed by atoms with van der Waals surface area (Å²) in [5.74, 6) is 0.435. The molecule has 3 rings (SSSR count). The third-order valence-electron chi connectivity index (χ3n) is 5.46. The zero-order valence-corrected chi connectivity index (χ0v) is 17.8. The largest absolute Gasteiger partial charge is 0.497 e. The molecule has 7 heteroatoms. The smallest absolute Gasteiger partial charge is 0.243 e. The van der Waals surface area contributed by atoms with E-state index in [9.17, 15) is 13.2 Å². The van der Waals surface area contributed by atoms with E-state index >= 15 is 0 Å². The monoisotopic (exact) mass is 416 g/mol. The molecule has 0 spiro atoms. The highest BCUT2D eigenvalue weighted by Crippen LogP contribution is 2.28. The van der Waals surface area contributed by atoms with Crippen LogP contribution in [0.25, 0.3) is 0 Å². The van der Waals surface area contributed by atoms with Gasteiger partial charge in [0.25, 0.3) is 0 Å². The zero-order chi connectivity index (χ0) is 20.9. The molecule has 0 radical (unpaired) electrons. The van der Waals surface area contributed by atoms with Gasteiger partial charge >= 0.3 is 0 Å². The van der Waals surface area contributed by atoms with Crippen LogP contribution < -0.4 is 9.64 Å². The second kappa shape index (κ2) is 9.41. The van der Waals surface area contributed by atoms with Crippen molar-refractivity contribution in [2.45, 2.75) is 43.0 Å². The van der Waals surface area contributed by atoms with E-state index in [4.69, 9.17) is 4.74 Å². The van der Waals surface area contributed by atoms with Gasteiger partial charge in [-0.2, -0.15) is 4.31 Å². The van der Waals surface area contributed by atoms with Crippen LogP contribution in [0.4, 0.5) is 5.69 Å². The van der Waals surface area contributed by atoms with Gasteiger partial charge in [0.2, 0.25) is 15.9 Å². The maximum Gasteiger partial charge on any atom is 0.243 e. The Morgan fingerprint density at radius 3 is 2.21 bits per heavy atom. The first-order valence-corrected chi connectivity index (χ1v) is 11.3. The van der Waals surface area contributed by atoms with Crippen LogP contribution in [0.2, 0.25) is 0 Å². The van der Waals surface area contributed by atoms with Crippen LogP contribution in [-0.2, 0) is 14.8 Å². The zero-order valence-electron chi connectivity index (χ0n) is 17.0. The lowest BCUT2D eigenvalue weighted by atomic mass is 9.95. The van der Waals surface area contributed by atoms with Crippen LogP contribution in [0.1, 0.15) is 32.1 Å². The third-order valence-corrected chi connectivity index (χ3v) is 7.37. The molecule has 29 heavy (non-hydrogen) atoms. The van der Waals surface area contributed by atoms with E-state index in [0.717, 1.165) is 32.1 Å². The van der Waals surface area contributed by atoms with Crippen molar-refractivity contribution in [2.24, 2.45) is 0 Å². The van der Waals surface area contributed by atoms with E-state index < -0.39 is 10.0 Å². The molecule has 0 bridgehead atoms. The number of methoxy groups -OCH3 is 1. The Morgan fingerprint density at radius 1 is 1.00 bits per heavy atom. The molecule has 1 saturated carbocycles. The quantitative estimate of drug-likeness (QED) is 0.691. The number of likely N-dealkylation sites (N-methyl/N-ethyl adjacent to an activating group) is 1. The number of hydrogen-bond acceptors (Lipinski definition) is 4. The molecule has 1 aliphatic rings.